The van der Waals surface area contributed by atoms with E-state index in [2.05, 4.69) is 80.0 Å². The summed E-state index contributed by atoms with van der Waals surface area (Å²) in [5.74, 6) is 0. The molecule has 1 aromatic carbocycles. The summed E-state index contributed by atoms with van der Waals surface area (Å²) in [6, 6.07) is 9.34. The lowest BCUT2D eigenvalue weighted by Gasteiger charge is -2.21. The van der Waals surface area contributed by atoms with Crippen LogP contribution in [0.4, 0.5) is 0 Å². The van der Waals surface area contributed by atoms with E-state index in [4.69, 9.17) is 0 Å². The highest BCUT2D eigenvalue weighted by molar-refractivity contribution is 14.1. The van der Waals surface area contributed by atoms with E-state index in [-0.39, 0.29) is 0 Å². The highest BCUT2D eigenvalue weighted by Crippen LogP contribution is 2.26. The molecule has 1 rings (SSSR count). The van der Waals surface area contributed by atoms with Crippen LogP contribution in [0.5, 0.6) is 0 Å². The average molecular weight is 345 g/mol. The molecule has 1 atom stereocenters. The van der Waals surface area contributed by atoms with Gasteiger partial charge in [0.1, 0.15) is 0 Å². The molecule has 1 unspecified atom stereocenters. The second-order valence-corrected chi connectivity index (χ2v) is 7.09. The maximum Gasteiger partial charge on any atom is 0.0317 e. The van der Waals surface area contributed by atoms with Gasteiger partial charge in [-0.15, -0.1) is 0 Å². The molecular formula is C15H24IN. The van der Waals surface area contributed by atoms with Gasteiger partial charge < -0.3 is 5.32 Å². The number of hydrogen-bond donors (Lipinski definition) is 1. The second kappa shape index (κ2) is 6.74. The van der Waals surface area contributed by atoms with Crippen molar-refractivity contribution in [2.45, 2.75) is 46.1 Å². The van der Waals surface area contributed by atoms with Crippen LogP contribution in [0.3, 0.4) is 0 Å². The summed E-state index contributed by atoms with van der Waals surface area (Å²) in [5, 5.41) is 3.42. The van der Waals surface area contributed by atoms with Crippen LogP contribution in [0, 0.1) is 8.99 Å². The van der Waals surface area contributed by atoms with Crippen molar-refractivity contribution in [1.82, 2.24) is 5.32 Å². The van der Waals surface area contributed by atoms with Gasteiger partial charge in [-0.2, -0.15) is 0 Å². The van der Waals surface area contributed by atoms with E-state index in [0.29, 0.717) is 11.5 Å². The fourth-order valence-electron chi connectivity index (χ4n) is 2.01. The maximum absolute atomic E-state index is 3.42. The van der Waals surface area contributed by atoms with Crippen LogP contribution >= 0.6 is 22.6 Å². The Morgan fingerprint density at radius 3 is 2.24 bits per heavy atom. The van der Waals surface area contributed by atoms with Crippen LogP contribution in [0.2, 0.25) is 0 Å². The first-order chi connectivity index (χ1) is 7.92. The van der Waals surface area contributed by atoms with Gasteiger partial charge in [-0.25, -0.2) is 0 Å². The number of rotatable bonds is 5. The second-order valence-electron chi connectivity index (χ2n) is 5.85. The Labute approximate surface area is 120 Å². The highest BCUT2D eigenvalue weighted by Gasteiger charge is 2.13. The summed E-state index contributed by atoms with van der Waals surface area (Å²) < 4.78 is 1.30. The molecule has 0 aromatic heterocycles. The van der Waals surface area contributed by atoms with Gasteiger partial charge in [-0.1, -0.05) is 39.3 Å². The lowest BCUT2D eigenvalue weighted by Crippen LogP contribution is -2.17. The molecule has 1 aromatic rings. The Morgan fingerprint density at radius 2 is 1.76 bits per heavy atom. The van der Waals surface area contributed by atoms with Gasteiger partial charge in [0.05, 0.1) is 0 Å². The molecular weight excluding hydrogens is 321 g/mol. The summed E-state index contributed by atoms with van der Waals surface area (Å²) in [6.07, 6.45) is 3.78. The topological polar surface area (TPSA) is 12.0 Å². The van der Waals surface area contributed by atoms with E-state index in [0.717, 1.165) is 0 Å². The molecule has 0 aliphatic heterocycles. The van der Waals surface area contributed by atoms with Gasteiger partial charge in [0, 0.05) is 9.61 Å². The van der Waals surface area contributed by atoms with E-state index in [1.807, 2.05) is 0 Å². The van der Waals surface area contributed by atoms with Gasteiger partial charge in [0.25, 0.3) is 0 Å². The SMILES string of the molecule is CNC(CCCC(C)(C)C)c1ccc(I)cc1. The standard InChI is InChI=1S/C15H24IN/c1-15(2,3)11-5-6-14(17-4)12-7-9-13(16)10-8-12/h7-10,14,17H,5-6,11H2,1-4H3. The Hall–Kier alpha value is -0.0900. The first-order valence-electron chi connectivity index (χ1n) is 6.35. The zero-order valence-electron chi connectivity index (χ0n) is 11.4. The third-order valence-electron chi connectivity index (χ3n) is 3.04. The fourth-order valence-corrected chi connectivity index (χ4v) is 2.37. The van der Waals surface area contributed by atoms with Crippen LogP contribution in [-0.2, 0) is 0 Å². The highest BCUT2D eigenvalue weighted by atomic mass is 127. The van der Waals surface area contributed by atoms with Gasteiger partial charge in [-0.05, 0) is 65.6 Å². The van der Waals surface area contributed by atoms with Crippen LogP contribution in [-0.4, -0.2) is 7.05 Å². The molecule has 0 amide bonds. The average Bonchev–Trinajstić information content (AvgIpc) is 2.24. The Morgan fingerprint density at radius 1 is 1.18 bits per heavy atom. The van der Waals surface area contributed by atoms with E-state index in [1.165, 1.54) is 28.4 Å². The van der Waals surface area contributed by atoms with E-state index < -0.39 is 0 Å². The number of halogens is 1. The van der Waals surface area contributed by atoms with Gasteiger partial charge >= 0.3 is 0 Å². The zero-order valence-corrected chi connectivity index (χ0v) is 13.5. The largest absolute Gasteiger partial charge is 0.313 e. The number of hydrogen-bond acceptors (Lipinski definition) is 1. The van der Waals surface area contributed by atoms with Crippen molar-refractivity contribution in [3.8, 4) is 0 Å². The summed E-state index contributed by atoms with van der Waals surface area (Å²) in [5.41, 5.74) is 1.85. The predicted molar refractivity (Wildman–Crippen MR) is 84.3 cm³/mol. The molecule has 0 aliphatic rings. The summed E-state index contributed by atoms with van der Waals surface area (Å²) >= 11 is 2.35. The van der Waals surface area contributed by atoms with E-state index in [9.17, 15) is 0 Å². The van der Waals surface area contributed by atoms with Crippen LogP contribution in [0.25, 0.3) is 0 Å². The minimum Gasteiger partial charge on any atom is -0.313 e. The van der Waals surface area contributed by atoms with Gasteiger partial charge in [-0.3, -0.25) is 0 Å². The zero-order chi connectivity index (χ0) is 12.9. The molecule has 0 aliphatic carbocycles. The van der Waals surface area contributed by atoms with Gasteiger partial charge in [0.2, 0.25) is 0 Å². The molecule has 1 nitrogen and oxygen atoms in total. The first kappa shape index (κ1) is 15.0. The molecule has 1 N–H and O–H groups in total. The maximum atomic E-state index is 3.42. The molecule has 0 fully saturated rings. The molecule has 0 radical (unpaired) electrons. The molecule has 0 heterocycles. The molecule has 96 valence electrons. The summed E-state index contributed by atoms with van der Waals surface area (Å²) in [7, 11) is 2.06. The van der Waals surface area contributed by atoms with Crippen molar-refractivity contribution in [1.29, 1.82) is 0 Å². The third kappa shape index (κ3) is 5.87. The Balaban J connectivity index is 2.51. The molecule has 0 spiro atoms. The van der Waals surface area contributed by atoms with Gasteiger partial charge in [0.15, 0.2) is 0 Å². The minimum absolute atomic E-state index is 0.449. The smallest absolute Gasteiger partial charge is 0.0317 e. The van der Waals surface area contributed by atoms with Crippen molar-refractivity contribution in [2.24, 2.45) is 5.41 Å². The number of benzene rings is 1. The normalized spacial score (nSPS) is 13.7. The minimum atomic E-state index is 0.449. The van der Waals surface area contributed by atoms with Crippen LogP contribution in [0.15, 0.2) is 24.3 Å². The lowest BCUT2D eigenvalue weighted by atomic mass is 9.88. The molecule has 17 heavy (non-hydrogen) atoms. The van der Waals surface area contributed by atoms with Crippen molar-refractivity contribution >= 4 is 22.6 Å². The Kier molecular flexibility index (Phi) is 5.93. The predicted octanol–water partition coefficient (Wildman–Crippen LogP) is 4.77. The molecule has 2 heteroatoms. The summed E-state index contributed by atoms with van der Waals surface area (Å²) in [4.78, 5) is 0. The molecule has 0 saturated carbocycles. The van der Waals surface area contributed by atoms with E-state index >= 15 is 0 Å². The monoisotopic (exact) mass is 345 g/mol. The Bertz CT molecular complexity index is 324. The third-order valence-corrected chi connectivity index (χ3v) is 3.76. The van der Waals surface area contributed by atoms with Crippen molar-refractivity contribution in [3.63, 3.8) is 0 Å². The van der Waals surface area contributed by atoms with Crippen molar-refractivity contribution < 1.29 is 0 Å². The summed E-state index contributed by atoms with van der Waals surface area (Å²) in [6.45, 7) is 6.94. The van der Waals surface area contributed by atoms with Crippen LogP contribution < -0.4 is 5.32 Å². The lowest BCUT2D eigenvalue weighted by molar-refractivity contribution is 0.347. The number of nitrogens with one attached hydrogen (secondary N) is 1. The van der Waals surface area contributed by atoms with Crippen molar-refractivity contribution in [2.75, 3.05) is 7.05 Å². The molecule has 0 saturated heterocycles. The quantitative estimate of drug-likeness (QED) is 0.758. The first-order valence-corrected chi connectivity index (χ1v) is 7.43. The molecule has 0 bridgehead atoms. The van der Waals surface area contributed by atoms with E-state index in [1.54, 1.807) is 0 Å². The van der Waals surface area contributed by atoms with Crippen molar-refractivity contribution in [3.05, 3.63) is 33.4 Å². The van der Waals surface area contributed by atoms with Crippen LogP contribution in [0.1, 0.15) is 51.6 Å². The fraction of sp³-hybridized carbons (Fsp3) is 0.600.